The number of alkyl halides is 6. The molecule has 0 N–H and O–H groups in total. The van der Waals surface area contributed by atoms with Crippen LogP contribution in [-0.2, 0) is 15.7 Å². The summed E-state index contributed by atoms with van der Waals surface area (Å²) in [7, 11) is 0. The number of aromatic nitrogens is 1. The zero-order chi connectivity index (χ0) is 30.8. The fraction of sp³-hybridized carbons (Fsp3) is 0.533. The maximum Gasteiger partial charge on any atom is 0.422 e. The molecule has 2 aliphatic rings. The molecule has 42 heavy (non-hydrogen) atoms. The molecule has 1 fully saturated rings. The highest BCUT2D eigenvalue weighted by atomic mass is 19.4. The summed E-state index contributed by atoms with van der Waals surface area (Å²) in [5.74, 6) is -0.587. The van der Waals surface area contributed by atoms with Crippen molar-refractivity contribution in [2.24, 2.45) is 0 Å². The van der Waals surface area contributed by atoms with E-state index >= 15 is 0 Å². The lowest BCUT2D eigenvalue weighted by Gasteiger charge is -2.43. The minimum Gasteiger partial charge on any atom is -0.468 e. The van der Waals surface area contributed by atoms with Crippen LogP contribution in [0.3, 0.4) is 0 Å². The van der Waals surface area contributed by atoms with Crippen molar-refractivity contribution < 1.29 is 45.3 Å². The molecule has 0 radical (unpaired) electrons. The van der Waals surface area contributed by atoms with Crippen LogP contribution in [0.25, 0.3) is 5.57 Å². The summed E-state index contributed by atoms with van der Waals surface area (Å²) in [5.41, 5.74) is -2.48. The molecular formula is C30H34F6N2O4. The molecule has 6 nitrogen and oxygen atoms in total. The molecule has 1 amide bonds. The maximum absolute atomic E-state index is 13.6. The topological polar surface area (TPSA) is 60.9 Å². The summed E-state index contributed by atoms with van der Waals surface area (Å²) in [5, 5.41) is 0. The summed E-state index contributed by atoms with van der Waals surface area (Å²) >= 11 is 0. The lowest BCUT2D eigenvalue weighted by molar-refractivity contribution is -0.154. The number of carbonyl (C=O) groups excluding carboxylic acids is 1. The third kappa shape index (κ3) is 7.76. The number of pyridine rings is 1. The van der Waals surface area contributed by atoms with Crippen LogP contribution >= 0.6 is 0 Å². The Bertz CT molecular complexity index is 1270. The number of benzene rings is 1. The lowest BCUT2D eigenvalue weighted by atomic mass is 9.82. The lowest BCUT2D eigenvalue weighted by Crippen LogP contribution is -2.49. The van der Waals surface area contributed by atoms with Crippen molar-refractivity contribution in [1.29, 1.82) is 0 Å². The van der Waals surface area contributed by atoms with Gasteiger partial charge in [-0.2, -0.15) is 26.3 Å². The van der Waals surface area contributed by atoms with E-state index in [-0.39, 0.29) is 17.7 Å². The van der Waals surface area contributed by atoms with E-state index in [0.29, 0.717) is 32.0 Å². The van der Waals surface area contributed by atoms with Gasteiger partial charge in [0.25, 0.3) is 0 Å². The molecule has 2 aliphatic heterocycles. The van der Waals surface area contributed by atoms with E-state index in [2.05, 4.69) is 4.98 Å². The molecule has 0 unspecified atom stereocenters. The fourth-order valence-corrected chi connectivity index (χ4v) is 5.33. The SMILES string of the molecule is CC(C)(C)OC(=O)N1CCCCCC[C@@]2(C=C(c3cc(C(F)(F)F)cnc3OCC(F)(F)F)CO2)[C@@H]1c1ccccc1. The van der Waals surface area contributed by atoms with Crippen LogP contribution < -0.4 is 4.74 Å². The molecule has 2 aromatic rings. The van der Waals surface area contributed by atoms with Crippen molar-refractivity contribution in [2.75, 3.05) is 19.8 Å². The third-order valence-electron chi connectivity index (χ3n) is 7.05. The summed E-state index contributed by atoms with van der Waals surface area (Å²) in [6, 6.07) is 9.10. The molecule has 4 rings (SSSR count). The minimum absolute atomic E-state index is 0.190. The van der Waals surface area contributed by atoms with Gasteiger partial charge in [-0.15, -0.1) is 0 Å². The van der Waals surface area contributed by atoms with E-state index in [4.69, 9.17) is 14.2 Å². The minimum atomic E-state index is -4.79. The fourth-order valence-electron chi connectivity index (χ4n) is 5.33. The van der Waals surface area contributed by atoms with Gasteiger partial charge in [0.2, 0.25) is 5.88 Å². The van der Waals surface area contributed by atoms with Gasteiger partial charge in [0.1, 0.15) is 11.2 Å². The summed E-state index contributed by atoms with van der Waals surface area (Å²) in [6.07, 6.45) is -4.57. The van der Waals surface area contributed by atoms with Crippen LogP contribution in [0.15, 0.2) is 48.7 Å². The Kier molecular flexibility index (Phi) is 9.15. The average molecular weight is 601 g/mol. The van der Waals surface area contributed by atoms with Gasteiger partial charge >= 0.3 is 18.4 Å². The zero-order valence-corrected chi connectivity index (χ0v) is 23.6. The van der Waals surface area contributed by atoms with E-state index in [1.807, 2.05) is 30.3 Å². The molecule has 1 aromatic carbocycles. The van der Waals surface area contributed by atoms with E-state index in [9.17, 15) is 31.1 Å². The largest absolute Gasteiger partial charge is 0.468 e. The van der Waals surface area contributed by atoms with Crippen molar-refractivity contribution in [3.63, 3.8) is 0 Å². The van der Waals surface area contributed by atoms with E-state index in [1.54, 1.807) is 31.7 Å². The van der Waals surface area contributed by atoms with E-state index in [1.165, 1.54) is 0 Å². The smallest absolute Gasteiger partial charge is 0.422 e. The molecular weight excluding hydrogens is 566 g/mol. The van der Waals surface area contributed by atoms with Gasteiger partial charge in [-0.25, -0.2) is 9.78 Å². The molecule has 1 spiro atoms. The van der Waals surface area contributed by atoms with Gasteiger partial charge in [-0.3, -0.25) is 4.90 Å². The van der Waals surface area contributed by atoms with Crippen molar-refractivity contribution in [3.05, 3.63) is 65.4 Å². The van der Waals surface area contributed by atoms with Crippen LogP contribution in [0.4, 0.5) is 31.1 Å². The molecule has 3 heterocycles. The van der Waals surface area contributed by atoms with Crippen LogP contribution in [0.5, 0.6) is 5.88 Å². The summed E-state index contributed by atoms with van der Waals surface area (Å²) < 4.78 is 96.9. The van der Waals surface area contributed by atoms with Gasteiger partial charge in [-0.1, -0.05) is 49.6 Å². The van der Waals surface area contributed by atoms with E-state index in [0.717, 1.165) is 24.5 Å². The van der Waals surface area contributed by atoms with Crippen LogP contribution in [0.2, 0.25) is 0 Å². The molecule has 1 saturated heterocycles. The Labute approximate surface area is 240 Å². The number of ether oxygens (including phenoxy) is 3. The number of nitrogens with zero attached hydrogens (tertiary/aromatic N) is 2. The first-order chi connectivity index (χ1) is 19.6. The quantitative estimate of drug-likeness (QED) is 0.332. The molecule has 2 atom stereocenters. The predicted molar refractivity (Wildman–Crippen MR) is 143 cm³/mol. The van der Waals surface area contributed by atoms with Gasteiger partial charge in [-0.05, 0) is 56.9 Å². The Morgan fingerprint density at radius 2 is 1.74 bits per heavy atom. The molecule has 1 aromatic heterocycles. The Morgan fingerprint density at radius 3 is 2.38 bits per heavy atom. The van der Waals surface area contributed by atoms with Crippen molar-refractivity contribution in [1.82, 2.24) is 9.88 Å². The van der Waals surface area contributed by atoms with Gasteiger partial charge < -0.3 is 14.2 Å². The Balaban J connectivity index is 1.87. The summed E-state index contributed by atoms with van der Waals surface area (Å²) in [6.45, 7) is 3.65. The molecule has 0 saturated carbocycles. The molecule has 0 bridgehead atoms. The second-order valence-corrected chi connectivity index (χ2v) is 11.5. The molecule has 0 aliphatic carbocycles. The van der Waals surface area contributed by atoms with Gasteiger partial charge in [0.05, 0.1) is 18.2 Å². The third-order valence-corrected chi connectivity index (χ3v) is 7.05. The van der Waals surface area contributed by atoms with Crippen molar-refractivity contribution in [2.45, 2.75) is 82.5 Å². The normalized spacial score (nSPS) is 22.3. The number of hydrogen-bond donors (Lipinski definition) is 0. The zero-order valence-electron chi connectivity index (χ0n) is 23.6. The first kappa shape index (κ1) is 31.7. The van der Waals surface area contributed by atoms with Crippen LogP contribution in [0.1, 0.15) is 75.6 Å². The Morgan fingerprint density at radius 1 is 1.05 bits per heavy atom. The predicted octanol–water partition coefficient (Wildman–Crippen LogP) is 8.14. The number of amides is 1. The van der Waals surface area contributed by atoms with Gasteiger partial charge in [0.15, 0.2) is 6.61 Å². The highest BCUT2D eigenvalue weighted by Crippen LogP contribution is 2.48. The van der Waals surface area contributed by atoms with E-state index < -0.39 is 53.7 Å². The number of carbonyl (C=O) groups is 1. The van der Waals surface area contributed by atoms with Crippen LogP contribution in [-0.4, -0.2) is 53.1 Å². The summed E-state index contributed by atoms with van der Waals surface area (Å²) in [4.78, 5) is 18.8. The number of hydrogen-bond acceptors (Lipinski definition) is 5. The molecule has 12 heteroatoms. The Hall–Kier alpha value is -3.28. The van der Waals surface area contributed by atoms with Gasteiger partial charge in [0, 0.05) is 18.3 Å². The monoisotopic (exact) mass is 600 g/mol. The molecule has 230 valence electrons. The average Bonchev–Trinajstić information content (AvgIpc) is 3.34. The van der Waals surface area contributed by atoms with Crippen molar-refractivity contribution >= 4 is 11.7 Å². The first-order valence-corrected chi connectivity index (χ1v) is 13.8. The first-order valence-electron chi connectivity index (χ1n) is 13.8. The van der Waals surface area contributed by atoms with Crippen molar-refractivity contribution in [3.8, 4) is 5.88 Å². The number of halogens is 6. The second kappa shape index (κ2) is 12.1. The highest BCUT2D eigenvalue weighted by Gasteiger charge is 2.48. The standard InChI is InChI=1S/C30H34F6N2O4/c1-27(2,3)42-26(39)38-14-10-5-4-9-13-28(24(38)20-11-7-6-8-12-20)16-21(18-41-28)23-15-22(30(34,35)36)17-37-25(23)40-19-29(31,32)33/h6-8,11-12,15-17,24H,4-5,9-10,13-14,18-19H2,1-3H3/t24-,28+/m0/s1. The number of rotatable bonds is 4. The highest BCUT2D eigenvalue weighted by molar-refractivity contribution is 5.74. The second-order valence-electron chi connectivity index (χ2n) is 11.5. The van der Waals surface area contributed by atoms with Crippen LogP contribution in [0, 0.1) is 0 Å². The maximum atomic E-state index is 13.6.